The molecule has 0 unspecified atom stereocenters. The molecule has 0 fully saturated rings. The van der Waals surface area contributed by atoms with Gasteiger partial charge in [0, 0.05) is 10.9 Å². The number of hydrogen-bond acceptors (Lipinski definition) is 6. The maximum atomic E-state index is 12.2. The number of benzene rings is 2. The van der Waals surface area contributed by atoms with E-state index in [0.717, 1.165) is 21.8 Å². The molecule has 3 rings (SSSR count). The molecule has 7 heteroatoms. The van der Waals surface area contributed by atoms with Gasteiger partial charge in [0.15, 0.2) is 6.61 Å². The highest BCUT2D eigenvalue weighted by Gasteiger charge is 2.09. The van der Waals surface area contributed by atoms with Crippen LogP contribution in [0.1, 0.15) is 17.5 Å². The third-order valence-electron chi connectivity index (χ3n) is 3.86. The Morgan fingerprint density at radius 3 is 2.68 bits per heavy atom. The zero-order valence-corrected chi connectivity index (χ0v) is 16.1. The predicted molar refractivity (Wildman–Crippen MR) is 109 cm³/mol. The number of nitrogens with one attached hydrogen (secondary N) is 1. The first-order chi connectivity index (χ1) is 13.7. The van der Waals surface area contributed by atoms with E-state index in [1.54, 1.807) is 12.1 Å². The molecule has 0 spiro atoms. The number of aromatic nitrogens is 1. The maximum absolute atomic E-state index is 12.2. The van der Waals surface area contributed by atoms with E-state index in [-0.39, 0.29) is 18.9 Å². The van der Waals surface area contributed by atoms with Crippen molar-refractivity contribution in [2.24, 2.45) is 5.10 Å². The fraction of sp³-hybridized carbons (Fsp3) is 0.143. The highest BCUT2D eigenvalue weighted by atomic mass is 32.1. The van der Waals surface area contributed by atoms with Crippen molar-refractivity contribution < 1.29 is 9.53 Å². The molecule has 6 nitrogen and oxygen atoms in total. The van der Waals surface area contributed by atoms with Crippen molar-refractivity contribution in [2.45, 2.75) is 13.3 Å². The van der Waals surface area contributed by atoms with Gasteiger partial charge < -0.3 is 4.74 Å². The summed E-state index contributed by atoms with van der Waals surface area (Å²) in [5.41, 5.74) is 5.99. The Kier molecular flexibility index (Phi) is 6.50. The van der Waals surface area contributed by atoms with E-state index in [1.807, 2.05) is 60.8 Å². The molecule has 0 aliphatic rings. The predicted octanol–water partition coefficient (Wildman–Crippen LogP) is 3.80. The molecule has 0 radical (unpaired) electrons. The summed E-state index contributed by atoms with van der Waals surface area (Å²) in [5, 5.41) is 15.4. The van der Waals surface area contributed by atoms with Crippen molar-refractivity contribution in [1.82, 2.24) is 10.4 Å². The molecule has 0 aliphatic carbocycles. The number of hydrogen-bond donors (Lipinski definition) is 1. The number of rotatable bonds is 7. The highest BCUT2D eigenvalue weighted by molar-refractivity contribution is 7.10. The fourth-order valence-electron chi connectivity index (χ4n) is 2.43. The van der Waals surface area contributed by atoms with E-state index >= 15 is 0 Å². The lowest BCUT2D eigenvalue weighted by Crippen LogP contribution is -2.21. The first-order valence-electron chi connectivity index (χ1n) is 8.59. The van der Waals surface area contributed by atoms with Gasteiger partial charge in [0.05, 0.1) is 17.8 Å². The summed E-state index contributed by atoms with van der Waals surface area (Å²) in [5.74, 6) is 0.391. The fourth-order valence-corrected chi connectivity index (χ4v) is 3.23. The first-order valence-corrected chi connectivity index (χ1v) is 9.47. The number of nitrogens with zero attached hydrogens (tertiary/aromatic N) is 3. The third kappa shape index (κ3) is 5.25. The largest absolute Gasteiger partial charge is 0.479 e. The highest BCUT2D eigenvalue weighted by Crippen LogP contribution is 2.21. The summed E-state index contributed by atoms with van der Waals surface area (Å²) in [6.45, 7) is 1.81. The van der Waals surface area contributed by atoms with Crippen LogP contribution < -0.4 is 10.2 Å². The van der Waals surface area contributed by atoms with Crippen molar-refractivity contribution in [2.75, 3.05) is 6.61 Å². The normalized spacial score (nSPS) is 10.9. The number of carbonyl (C=O) groups excluding carboxylic acids is 1. The number of hydrazone groups is 1. The SMILES string of the molecule is C/C(=N/NC(=O)Cc1nc(-c2ccccc2)cs1)c1ccc(OCC#N)cc1. The van der Waals surface area contributed by atoms with E-state index < -0.39 is 0 Å². The van der Waals surface area contributed by atoms with Crippen LogP contribution in [0.5, 0.6) is 5.75 Å². The summed E-state index contributed by atoms with van der Waals surface area (Å²) in [6, 6.07) is 18.9. The van der Waals surface area contributed by atoms with Gasteiger partial charge in [-0.15, -0.1) is 11.3 Å². The van der Waals surface area contributed by atoms with Crippen molar-refractivity contribution in [1.29, 1.82) is 5.26 Å². The standard InChI is InChI=1S/C21H18N4O2S/c1-15(16-7-9-18(10-8-16)27-12-11-22)24-25-20(26)13-21-23-19(14-28-21)17-5-3-2-4-6-17/h2-10,14H,12-13H2,1H3,(H,25,26)/b24-15-. The van der Waals surface area contributed by atoms with E-state index in [2.05, 4.69) is 15.5 Å². The quantitative estimate of drug-likeness (QED) is 0.491. The summed E-state index contributed by atoms with van der Waals surface area (Å²) in [4.78, 5) is 16.7. The lowest BCUT2D eigenvalue weighted by molar-refractivity contribution is -0.120. The minimum absolute atomic E-state index is 0.00518. The Hall–Kier alpha value is -3.50. The molecule has 0 atom stereocenters. The molecule has 1 amide bonds. The van der Waals surface area contributed by atoms with Crippen LogP contribution in [0.4, 0.5) is 0 Å². The molecule has 28 heavy (non-hydrogen) atoms. The Balaban J connectivity index is 1.56. The molecule has 1 heterocycles. The van der Waals surface area contributed by atoms with Crippen molar-refractivity contribution in [3.63, 3.8) is 0 Å². The number of thiazole rings is 1. The van der Waals surface area contributed by atoms with Gasteiger partial charge in [-0.05, 0) is 36.8 Å². The molecule has 1 aromatic heterocycles. The van der Waals surface area contributed by atoms with Crippen molar-refractivity contribution in [3.8, 4) is 23.1 Å². The van der Waals surface area contributed by atoms with Crippen LogP contribution in [0.15, 0.2) is 65.1 Å². The zero-order chi connectivity index (χ0) is 19.8. The van der Waals surface area contributed by atoms with Crippen molar-refractivity contribution in [3.05, 3.63) is 70.5 Å². The lowest BCUT2D eigenvalue weighted by Gasteiger charge is -2.04. The number of nitriles is 1. The molecular formula is C21H18N4O2S. The molecular weight excluding hydrogens is 372 g/mol. The van der Waals surface area contributed by atoms with Gasteiger partial charge in [-0.25, -0.2) is 10.4 Å². The van der Waals surface area contributed by atoms with Crippen LogP contribution >= 0.6 is 11.3 Å². The summed E-state index contributed by atoms with van der Waals surface area (Å²) >= 11 is 1.45. The van der Waals surface area contributed by atoms with Crippen LogP contribution in [0.2, 0.25) is 0 Å². The zero-order valence-electron chi connectivity index (χ0n) is 15.3. The molecule has 3 aromatic rings. The van der Waals surface area contributed by atoms with Crippen LogP contribution in [0.3, 0.4) is 0 Å². The average molecular weight is 390 g/mol. The Labute approximate surface area is 167 Å². The Morgan fingerprint density at radius 2 is 1.96 bits per heavy atom. The van der Waals surface area contributed by atoms with Crippen LogP contribution in [0.25, 0.3) is 11.3 Å². The molecule has 0 aliphatic heterocycles. The molecule has 0 saturated carbocycles. The van der Waals surface area contributed by atoms with Crippen molar-refractivity contribution >= 4 is 23.0 Å². The van der Waals surface area contributed by atoms with Gasteiger partial charge >= 0.3 is 0 Å². The molecule has 0 bridgehead atoms. The molecule has 1 N–H and O–H groups in total. The van der Waals surface area contributed by atoms with Gasteiger partial charge in [-0.3, -0.25) is 4.79 Å². The minimum Gasteiger partial charge on any atom is -0.479 e. The second kappa shape index (κ2) is 9.44. The van der Waals surface area contributed by atoms with Gasteiger partial charge in [-0.2, -0.15) is 10.4 Å². The van der Waals surface area contributed by atoms with E-state index in [0.29, 0.717) is 11.5 Å². The van der Waals surface area contributed by atoms with Gasteiger partial charge in [0.2, 0.25) is 5.91 Å². The number of amides is 1. The second-order valence-corrected chi connectivity index (χ2v) is 6.82. The average Bonchev–Trinajstić information content (AvgIpc) is 3.20. The minimum atomic E-state index is -0.220. The smallest absolute Gasteiger partial charge is 0.246 e. The third-order valence-corrected chi connectivity index (χ3v) is 4.71. The second-order valence-electron chi connectivity index (χ2n) is 5.87. The number of ether oxygens (including phenoxy) is 1. The van der Waals surface area contributed by atoms with Crippen LogP contribution in [-0.2, 0) is 11.2 Å². The Morgan fingerprint density at radius 1 is 1.21 bits per heavy atom. The summed E-state index contributed by atoms with van der Waals surface area (Å²) in [7, 11) is 0. The maximum Gasteiger partial charge on any atom is 0.246 e. The van der Waals surface area contributed by atoms with Gasteiger partial charge in [-0.1, -0.05) is 30.3 Å². The summed E-state index contributed by atoms with van der Waals surface area (Å²) in [6.07, 6.45) is 0.176. The Bertz CT molecular complexity index is 1000. The van der Waals surface area contributed by atoms with Crippen LogP contribution in [-0.4, -0.2) is 23.2 Å². The summed E-state index contributed by atoms with van der Waals surface area (Å²) < 4.78 is 5.21. The van der Waals surface area contributed by atoms with E-state index in [4.69, 9.17) is 10.00 Å². The topological polar surface area (TPSA) is 87.4 Å². The van der Waals surface area contributed by atoms with E-state index in [1.165, 1.54) is 11.3 Å². The number of carbonyl (C=O) groups is 1. The monoisotopic (exact) mass is 390 g/mol. The van der Waals surface area contributed by atoms with Crippen LogP contribution in [0, 0.1) is 11.3 Å². The first kappa shape index (κ1) is 19.3. The molecule has 0 saturated heterocycles. The van der Waals surface area contributed by atoms with E-state index in [9.17, 15) is 4.79 Å². The molecule has 140 valence electrons. The molecule has 2 aromatic carbocycles. The lowest BCUT2D eigenvalue weighted by atomic mass is 10.1. The van der Waals surface area contributed by atoms with Gasteiger partial charge in [0.25, 0.3) is 0 Å². The van der Waals surface area contributed by atoms with Gasteiger partial charge in [0.1, 0.15) is 16.8 Å².